The number of imide groups is 1. The highest BCUT2D eigenvalue weighted by Gasteiger charge is 2.50. The summed E-state index contributed by atoms with van der Waals surface area (Å²) in [5.74, 6) is -0.862. The predicted molar refractivity (Wildman–Crippen MR) is 81.4 cm³/mol. The molecule has 1 unspecified atom stereocenters. The molecule has 1 heterocycles. The third kappa shape index (κ3) is 3.10. The molecule has 1 fully saturated rings. The molecule has 0 spiro atoms. The second-order valence-corrected chi connectivity index (χ2v) is 6.83. The minimum Gasteiger partial charge on any atom is -0.318 e. The van der Waals surface area contributed by atoms with Gasteiger partial charge in [-0.15, -0.1) is 0 Å². The average molecular weight is 303 g/mol. The second kappa shape index (κ2) is 5.44. The summed E-state index contributed by atoms with van der Waals surface area (Å²) in [5.41, 5.74) is 1.66. The molecule has 1 atom stereocenters. The summed E-state index contributed by atoms with van der Waals surface area (Å²) in [7, 11) is 0. The number of hydrogen-bond acceptors (Lipinski definition) is 3. The highest BCUT2D eigenvalue weighted by atomic mass is 16.2. The third-order valence-electron chi connectivity index (χ3n) is 3.47. The first kappa shape index (κ1) is 16.0. The number of rotatable bonds is 3. The molecule has 118 valence electrons. The molecule has 6 nitrogen and oxygen atoms in total. The Bertz CT molecular complexity index is 607. The molecule has 4 amide bonds. The molecule has 1 aromatic carbocycles. The summed E-state index contributed by atoms with van der Waals surface area (Å²) in [6.45, 7) is 7.35. The Morgan fingerprint density at radius 3 is 2.36 bits per heavy atom. The van der Waals surface area contributed by atoms with Crippen LogP contribution in [0.1, 0.15) is 39.7 Å². The van der Waals surface area contributed by atoms with Gasteiger partial charge >= 0.3 is 6.03 Å². The van der Waals surface area contributed by atoms with Crippen molar-refractivity contribution in [3.63, 3.8) is 0 Å². The first-order chi connectivity index (χ1) is 10.1. The van der Waals surface area contributed by atoms with Crippen LogP contribution in [0, 0.1) is 5.41 Å². The van der Waals surface area contributed by atoms with Gasteiger partial charge in [-0.05, 0) is 17.9 Å². The van der Waals surface area contributed by atoms with E-state index >= 15 is 0 Å². The molecule has 0 saturated carbocycles. The summed E-state index contributed by atoms with van der Waals surface area (Å²) in [4.78, 5) is 36.6. The van der Waals surface area contributed by atoms with E-state index in [1.54, 1.807) is 31.2 Å². The van der Waals surface area contributed by atoms with Gasteiger partial charge in [-0.2, -0.15) is 5.01 Å². The van der Waals surface area contributed by atoms with Crippen LogP contribution in [-0.2, 0) is 15.1 Å². The molecule has 0 radical (unpaired) electrons. The van der Waals surface area contributed by atoms with Crippen LogP contribution in [0.15, 0.2) is 30.3 Å². The lowest BCUT2D eigenvalue weighted by Crippen LogP contribution is -2.48. The normalized spacial score (nSPS) is 21.7. The van der Waals surface area contributed by atoms with Crippen molar-refractivity contribution in [1.82, 2.24) is 15.8 Å². The van der Waals surface area contributed by atoms with Crippen LogP contribution in [0.3, 0.4) is 0 Å². The van der Waals surface area contributed by atoms with Gasteiger partial charge in [0, 0.05) is 6.42 Å². The molecule has 1 aliphatic heterocycles. The Kier molecular flexibility index (Phi) is 3.96. The molecule has 0 aliphatic carbocycles. The minimum absolute atomic E-state index is 0.214. The smallest absolute Gasteiger partial charge is 0.318 e. The number of carbonyl (C=O) groups excluding carboxylic acids is 3. The van der Waals surface area contributed by atoms with E-state index in [9.17, 15) is 14.4 Å². The van der Waals surface area contributed by atoms with Crippen LogP contribution < -0.4 is 10.7 Å². The van der Waals surface area contributed by atoms with E-state index in [0.717, 1.165) is 5.01 Å². The van der Waals surface area contributed by atoms with Gasteiger partial charge < -0.3 is 5.32 Å². The standard InChI is InChI=1S/C16H21N3O3/c1-15(2,3)10-12(20)18-19-13(21)16(4,17-14(19)22)11-8-6-5-7-9-11/h5-9H,10H2,1-4H3,(H,17,22)(H,18,20). The summed E-state index contributed by atoms with van der Waals surface area (Å²) < 4.78 is 0. The maximum atomic E-state index is 12.6. The Morgan fingerprint density at radius 1 is 1.23 bits per heavy atom. The fourth-order valence-electron chi connectivity index (χ4n) is 2.35. The molecule has 1 aliphatic rings. The van der Waals surface area contributed by atoms with Crippen LogP contribution in [0.2, 0.25) is 0 Å². The van der Waals surface area contributed by atoms with Gasteiger partial charge in [-0.1, -0.05) is 51.1 Å². The molecule has 0 aromatic heterocycles. The Morgan fingerprint density at radius 2 is 1.82 bits per heavy atom. The lowest BCUT2D eigenvalue weighted by atomic mass is 9.92. The Balaban J connectivity index is 2.18. The van der Waals surface area contributed by atoms with E-state index in [0.29, 0.717) is 5.56 Å². The van der Waals surface area contributed by atoms with Gasteiger partial charge in [-0.3, -0.25) is 15.0 Å². The van der Waals surface area contributed by atoms with Crippen LogP contribution in [-0.4, -0.2) is 22.9 Å². The first-order valence-corrected chi connectivity index (χ1v) is 7.15. The first-order valence-electron chi connectivity index (χ1n) is 7.15. The van der Waals surface area contributed by atoms with Crippen molar-refractivity contribution in [3.05, 3.63) is 35.9 Å². The summed E-state index contributed by atoms with van der Waals surface area (Å²) >= 11 is 0. The lowest BCUT2D eigenvalue weighted by Gasteiger charge is -2.23. The van der Waals surface area contributed by atoms with Crippen molar-refractivity contribution in [1.29, 1.82) is 0 Å². The van der Waals surface area contributed by atoms with Gasteiger partial charge in [0.1, 0.15) is 5.54 Å². The van der Waals surface area contributed by atoms with Crippen LogP contribution >= 0.6 is 0 Å². The van der Waals surface area contributed by atoms with Crippen molar-refractivity contribution in [2.75, 3.05) is 0 Å². The fourth-order valence-corrected chi connectivity index (χ4v) is 2.35. The molecular weight excluding hydrogens is 282 g/mol. The van der Waals surface area contributed by atoms with E-state index in [4.69, 9.17) is 0 Å². The van der Waals surface area contributed by atoms with Gasteiger partial charge in [0.2, 0.25) is 5.91 Å². The summed E-state index contributed by atoms with van der Waals surface area (Å²) in [5, 5.41) is 3.40. The zero-order chi connectivity index (χ0) is 16.5. The highest BCUT2D eigenvalue weighted by Crippen LogP contribution is 2.28. The maximum Gasteiger partial charge on any atom is 0.344 e. The lowest BCUT2D eigenvalue weighted by molar-refractivity contribution is -0.139. The predicted octanol–water partition coefficient (Wildman–Crippen LogP) is 1.92. The summed E-state index contributed by atoms with van der Waals surface area (Å²) in [6, 6.07) is 8.31. The maximum absolute atomic E-state index is 12.6. The van der Waals surface area contributed by atoms with Crippen LogP contribution in [0.25, 0.3) is 0 Å². The number of carbonyl (C=O) groups is 3. The number of hydrazine groups is 1. The topological polar surface area (TPSA) is 78.5 Å². The molecule has 2 rings (SSSR count). The number of nitrogens with one attached hydrogen (secondary N) is 2. The van der Waals surface area contributed by atoms with Gasteiger partial charge in [0.15, 0.2) is 0 Å². The zero-order valence-corrected chi connectivity index (χ0v) is 13.3. The number of amides is 4. The van der Waals surface area contributed by atoms with Crippen LogP contribution in [0.4, 0.5) is 4.79 Å². The Labute approximate surface area is 129 Å². The second-order valence-electron chi connectivity index (χ2n) is 6.83. The zero-order valence-electron chi connectivity index (χ0n) is 13.3. The molecule has 1 aromatic rings. The summed E-state index contributed by atoms with van der Waals surface area (Å²) in [6.07, 6.45) is 0.214. The van der Waals surface area contributed by atoms with Crippen molar-refractivity contribution in [3.8, 4) is 0 Å². The van der Waals surface area contributed by atoms with E-state index in [2.05, 4.69) is 10.7 Å². The van der Waals surface area contributed by atoms with E-state index in [1.807, 2.05) is 26.8 Å². The van der Waals surface area contributed by atoms with Gasteiger partial charge in [0.25, 0.3) is 5.91 Å². The fraction of sp³-hybridized carbons (Fsp3) is 0.438. The SMILES string of the molecule is CC(C)(C)CC(=O)NN1C(=O)NC(C)(c2ccccc2)C1=O. The molecular formula is C16H21N3O3. The number of benzene rings is 1. The number of urea groups is 1. The Hall–Kier alpha value is -2.37. The molecule has 0 bridgehead atoms. The van der Waals surface area contributed by atoms with Crippen molar-refractivity contribution >= 4 is 17.8 Å². The highest BCUT2D eigenvalue weighted by molar-refractivity contribution is 6.08. The molecule has 2 N–H and O–H groups in total. The van der Waals surface area contributed by atoms with Gasteiger partial charge in [-0.25, -0.2) is 4.79 Å². The van der Waals surface area contributed by atoms with Crippen molar-refractivity contribution in [2.45, 2.75) is 39.7 Å². The van der Waals surface area contributed by atoms with E-state index < -0.39 is 17.5 Å². The molecule has 1 saturated heterocycles. The number of hydrogen-bond donors (Lipinski definition) is 2. The van der Waals surface area contributed by atoms with Crippen molar-refractivity contribution < 1.29 is 14.4 Å². The van der Waals surface area contributed by atoms with Crippen LogP contribution in [0.5, 0.6) is 0 Å². The van der Waals surface area contributed by atoms with Crippen molar-refractivity contribution in [2.24, 2.45) is 5.41 Å². The number of nitrogens with zero attached hydrogens (tertiary/aromatic N) is 1. The average Bonchev–Trinajstić information content (AvgIpc) is 2.62. The third-order valence-corrected chi connectivity index (χ3v) is 3.47. The molecule has 22 heavy (non-hydrogen) atoms. The monoisotopic (exact) mass is 303 g/mol. The molecule has 6 heteroatoms. The van der Waals surface area contributed by atoms with Gasteiger partial charge in [0.05, 0.1) is 0 Å². The van der Waals surface area contributed by atoms with E-state index in [1.165, 1.54) is 0 Å². The quantitative estimate of drug-likeness (QED) is 0.837. The minimum atomic E-state index is -1.17. The van der Waals surface area contributed by atoms with E-state index in [-0.39, 0.29) is 17.7 Å². The largest absolute Gasteiger partial charge is 0.344 e.